The lowest BCUT2D eigenvalue weighted by Gasteiger charge is -2.50. The number of carbonyl (C=O) groups excluding carboxylic acids is 3. The van der Waals surface area contributed by atoms with E-state index in [0.717, 1.165) is 29.0 Å². The van der Waals surface area contributed by atoms with Crippen LogP contribution < -0.4 is 5.32 Å². The van der Waals surface area contributed by atoms with Crippen molar-refractivity contribution in [3.63, 3.8) is 0 Å². The van der Waals surface area contributed by atoms with Gasteiger partial charge in [-0.1, -0.05) is 11.6 Å². The highest BCUT2D eigenvalue weighted by molar-refractivity contribution is 7.09. The molecule has 37 heavy (non-hydrogen) atoms. The summed E-state index contributed by atoms with van der Waals surface area (Å²) in [6, 6.07) is 1.95. The van der Waals surface area contributed by atoms with E-state index in [1.54, 1.807) is 34.6 Å². The molecule has 9 nitrogen and oxygen atoms in total. The van der Waals surface area contributed by atoms with Crippen molar-refractivity contribution in [1.82, 2.24) is 19.8 Å². The summed E-state index contributed by atoms with van der Waals surface area (Å²) in [4.78, 5) is 50.0. The molecule has 0 aromatic carbocycles. The number of rotatable bonds is 4. The van der Waals surface area contributed by atoms with Crippen molar-refractivity contribution in [1.29, 1.82) is 0 Å². The normalized spacial score (nSPS) is 18.8. The van der Waals surface area contributed by atoms with Gasteiger partial charge in [-0.3, -0.25) is 9.59 Å². The van der Waals surface area contributed by atoms with Gasteiger partial charge >= 0.3 is 6.09 Å². The summed E-state index contributed by atoms with van der Waals surface area (Å²) in [5.74, 6) is 0.362. The van der Waals surface area contributed by atoms with Crippen molar-refractivity contribution in [3.8, 4) is 0 Å². The number of amides is 3. The van der Waals surface area contributed by atoms with Gasteiger partial charge in [0.2, 0.25) is 11.8 Å². The van der Waals surface area contributed by atoms with Crippen LogP contribution in [0.15, 0.2) is 41.6 Å². The molecule has 0 unspecified atom stereocenters. The molecule has 5 rings (SSSR count). The predicted molar refractivity (Wildman–Crippen MR) is 141 cm³/mol. The van der Waals surface area contributed by atoms with Gasteiger partial charge in [0.05, 0.1) is 10.4 Å². The third-order valence-corrected chi connectivity index (χ3v) is 7.54. The molecule has 1 spiro atoms. The fraction of sp³-hybridized carbons (Fsp3) is 0.444. The Labute approximate surface area is 220 Å². The largest absolute Gasteiger partial charge is 0.444 e. The molecule has 194 valence electrons. The average Bonchev–Trinajstić information content (AvgIpc) is 3.33. The Bertz CT molecular complexity index is 1270. The summed E-state index contributed by atoms with van der Waals surface area (Å²) in [5.41, 5.74) is 1.74. The quantitative estimate of drug-likeness (QED) is 0.486. The third kappa shape index (κ3) is 5.58. The standard InChI is InChI=1S/C27H31N5O4S/c1-26(2,3)36-25(35)32-16-27(17-32)14-20-12-19(15-29-23(20)30-24(27)34)4-5-22(33)31-9-6-18(7-10-31)13-21-28-8-11-37-21/h4-6,8,11-12,15H,7,9-10,13-14,16-17H2,1-3H3,(H,29,30,34)/b5-4+. The molecular formula is C27H31N5O4S. The summed E-state index contributed by atoms with van der Waals surface area (Å²) < 4.78 is 5.42. The molecule has 1 saturated heterocycles. The van der Waals surface area contributed by atoms with Crippen molar-refractivity contribution in [3.05, 3.63) is 57.7 Å². The van der Waals surface area contributed by atoms with E-state index in [9.17, 15) is 14.4 Å². The van der Waals surface area contributed by atoms with Crippen molar-refractivity contribution in [2.75, 3.05) is 31.5 Å². The van der Waals surface area contributed by atoms with Crippen LogP contribution in [-0.4, -0.2) is 69.5 Å². The van der Waals surface area contributed by atoms with E-state index >= 15 is 0 Å². The van der Waals surface area contributed by atoms with Crippen LogP contribution in [0.3, 0.4) is 0 Å². The third-order valence-electron chi connectivity index (χ3n) is 6.76. The second kappa shape index (κ2) is 9.74. The Hall–Kier alpha value is -3.53. The monoisotopic (exact) mass is 521 g/mol. The first-order valence-electron chi connectivity index (χ1n) is 12.4. The number of anilines is 1. The molecule has 0 radical (unpaired) electrons. The van der Waals surface area contributed by atoms with Crippen LogP contribution in [-0.2, 0) is 27.2 Å². The van der Waals surface area contributed by atoms with Crippen molar-refractivity contribution in [2.45, 2.75) is 45.6 Å². The molecule has 1 N–H and O–H groups in total. The van der Waals surface area contributed by atoms with Crippen LogP contribution in [0.5, 0.6) is 0 Å². The minimum absolute atomic E-state index is 0.0426. The first-order chi connectivity index (χ1) is 17.6. The van der Waals surface area contributed by atoms with E-state index in [4.69, 9.17) is 4.74 Å². The van der Waals surface area contributed by atoms with Gasteiger partial charge in [-0.15, -0.1) is 11.3 Å². The zero-order valence-corrected chi connectivity index (χ0v) is 22.1. The maximum Gasteiger partial charge on any atom is 0.410 e. The molecule has 3 amide bonds. The zero-order chi connectivity index (χ0) is 26.2. The predicted octanol–water partition coefficient (Wildman–Crippen LogP) is 3.68. The Balaban J connectivity index is 1.19. The maximum absolute atomic E-state index is 12.8. The number of pyridine rings is 1. The highest BCUT2D eigenvalue weighted by Crippen LogP contribution is 2.41. The second-order valence-corrected chi connectivity index (χ2v) is 11.8. The lowest BCUT2D eigenvalue weighted by atomic mass is 9.72. The van der Waals surface area contributed by atoms with Gasteiger partial charge in [-0.05, 0) is 56.9 Å². The topological polar surface area (TPSA) is 105 Å². The Morgan fingerprint density at radius 2 is 2.05 bits per heavy atom. The lowest BCUT2D eigenvalue weighted by Crippen LogP contribution is -2.66. The van der Waals surface area contributed by atoms with E-state index in [0.29, 0.717) is 38.4 Å². The molecule has 5 heterocycles. The van der Waals surface area contributed by atoms with Crippen molar-refractivity contribution in [2.24, 2.45) is 5.41 Å². The number of likely N-dealkylation sites (tertiary alicyclic amines) is 1. The fourth-order valence-electron chi connectivity index (χ4n) is 4.83. The number of aromatic nitrogens is 2. The first kappa shape index (κ1) is 25.1. The highest BCUT2D eigenvalue weighted by atomic mass is 32.1. The number of carbonyl (C=O) groups is 3. The van der Waals surface area contributed by atoms with Gasteiger partial charge in [-0.2, -0.15) is 0 Å². The van der Waals surface area contributed by atoms with E-state index in [-0.39, 0.29) is 11.8 Å². The molecule has 1 fully saturated rings. The van der Waals surface area contributed by atoms with Crippen LogP contribution in [0.25, 0.3) is 6.08 Å². The summed E-state index contributed by atoms with van der Waals surface area (Å²) in [5, 5.41) is 5.97. The first-order valence-corrected chi connectivity index (χ1v) is 13.3. The van der Waals surface area contributed by atoms with Gasteiger partial charge in [0.1, 0.15) is 11.4 Å². The van der Waals surface area contributed by atoms with Gasteiger partial charge in [-0.25, -0.2) is 14.8 Å². The molecule has 2 aromatic heterocycles. The maximum atomic E-state index is 12.8. The van der Waals surface area contributed by atoms with Gasteiger partial charge in [0.15, 0.2) is 0 Å². The van der Waals surface area contributed by atoms with Crippen LogP contribution in [0.1, 0.15) is 43.3 Å². The zero-order valence-electron chi connectivity index (χ0n) is 21.3. The number of nitrogens with zero attached hydrogens (tertiary/aromatic N) is 4. The number of thiazole rings is 1. The number of hydrogen-bond donors (Lipinski definition) is 1. The smallest absolute Gasteiger partial charge is 0.410 e. The molecule has 0 atom stereocenters. The van der Waals surface area contributed by atoms with Crippen LogP contribution >= 0.6 is 11.3 Å². The van der Waals surface area contributed by atoms with Gasteiger partial charge < -0.3 is 19.9 Å². The van der Waals surface area contributed by atoms with E-state index in [2.05, 4.69) is 21.4 Å². The SMILES string of the molecule is CC(C)(C)OC(=O)N1CC2(Cc3cc(/C=C/C(=O)N4CC=C(Cc5nccs5)CC4)cnc3NC2=O)C1. The number of hydrogen-bond acceptors (Lipinski definition) is 7. The lowest BCUT2D eigenvalue weighted by molar-refractivity contribution is -0.135. The number of fused-ring (bicyclic) bond motifs is 1. The molecular weight excluding hydrogens is 490 g/mol. The Morgan fingerprint density at radius 3 is 2.73 bits per heavy atom. The van der Waals surface area contributed by atoms with E-state index in [1.165, 1.54) is 5.57 Å². The average molecular weight is 522 g/mol. The number of nitrogens with one attached hydrogen (secondary N) is 1. The van der Waals surface area contributed by atoms with Crippen LogP contribution in [0.4, 0.5) is 10.6 Å². The molecule has 2 aromatic rings. The Kier molecular flexibility index (Phi) is 6.61. The summed E-state index contributed by atoms with van der Waals surface area (Å²) in [7, 11) is 0. The molecule has 0 saturated carbocycles. The molecule has 0 aliphatic carbocycles. The summed E-state index contributed by atoms with van der Waals surface area (Å²) >= 11 is 1.65. The van der Waals surface area contributed by atoms with E-state index in [1.807, 2.05) is 43.3 Å². The summed E-state index contributed by atoms with van der Waals surface area (Å²) in [6.07, 6.45) is 10.7. The van der Waals surface area contributed by atoms with Crippen LogP contribution in [0.2, 0.25) is 0 Å². The number of ether oxygens (including phenoxy) is 1. The minimum atomic E-state index is -0.680. The molecule has 3 aliphatic rings. The van der Waals surface area contributed by atoms with Crippen LogP contribution in [0, 0.1) is 5.41 Å². The fourth-order valence-corrected chi connectivity index (χ4v) is 5.50. The van der Waals surface area contributed by atoms with Crippen molar-refractivity contribution >= 4 is 41.1 Å². The molecule has 0 bridgehead atoms. The van der Waals surface area contributed by atoms with Gasteiger partial charge in [0, 0.05) is 56.4 Å². The second-order valence-electron chi connectivity index (χ2n) is 10.9. The van der Waals surface area contributed by atoms with Gasteiger partial charge in [0.25, 0.3) is 0 Å². The molecule has 3 aliphatic heterocycles. The van der Waals surface area contributed by atoms with E-state index < -0.39 is 17.1 Å². The minimum Gasteiger partial charge on any atom is -0.444 e. The molecule has 10 heteroatoms. The van der Waals surface area contributed by atoms with Crippen molar-refractivity contribution < 1.29 is 19.1 Å². The highest BCUT2D eigenvalue weighted by Gasteiger charge is 2.54. The summed E-state index contributed by atoms with van der Waals surface area (Å²) in [6.45, 7) is 7.34. The Morgan fingerprint density at radius 1 is 1.24 bits per heavy atom.